The lowest BCUT2D eigenvalue weighted by Crippen LogP contribution is -2.30. The molecule has 0 atom stereocenters. The van der Waals surface area contributed by atoms with E-state index >= 15 is 0 Å². The first-order valence-corrected chi connectivity index (χ1v) is 8.56. The van der Waals surface area contributed by atoms with Crippen LogP contribution in [0, 0.1) is 0 Å². The average molecular weight is 298 g/mol. The van der Waals surface area contributed by atoms with Crippen molar-refractivity contribution < 1.29 is 8.42 Å². The topological polar surface area (TPSA) is 88.3 Å². The SMILES string of the molecule is NS(=O)(=O)c1cccnc1NCCN1CCCCCC1. The third-order valence-electron chi connectivity index (χ3n) is 3.50. The number of nitrogens with one attached hydrogen (secondary N) is 1. The van der Waals surface area contributed by atoms with Crippen LogP contribution in [0.2, 0.25) is 0 Å². The Kier molecular flexibility index (Phi) is 5.33. The summed E-state index contributed by atoms with van der Waals surface area (Å²) in [6.07, 6.45) is 6.65. The molecule has 0 unspecified atom stereocenters. The molecule has 0 spiro atoms. The fourth-order valence-electron chi connectivity index (χ4n) is 2.45. The zero-order valence-electron chi connectivity index (χ0n) is 11.6. The molecule has 0 radical (unpaired) electrons. The summed E-state index contributed by atoms with van der Waals surface area (Å²) in [5.41, 5.74) is 0. The molecule has 0 bridgehead atoms. The fraction of sp³-hybridized carbons (Fsp3) is 0.615. The Morgan fingerprint density at radius 1 is 1.25 bits per heavy atom. The number of likely N-dealkylation sites (tertiary alicyclic amines) is 1. The molecule has 1 saturated heterocycles. The first-order valence-electron chi connectivity index (χ1n) is 7.01. The van der Waals surface area contributed by atoms with Gasteiger partial charge in [-0.25, -0.2) is 18.5 Å². The van der Waals surface area contributed by atoms with Crippen LogP contribution in [0.25, 0.3) is 0 Å². The summed E-state index contributed by atoms with van der Waals surface area (Å²) < 4.78 is 22.9. The van der Waals surface area contributed by atoms with Crippen molar-refractivity contribution in [1.29, 1.82) is 0 Å². The van der Waals surface area contributed by atoms with Crippen molar-refractivity contribution >= 4 is 15.8 Å². The minimum Gasteiger partial charge on any atom is -0.368 e. The van der Waals surface area contributed by atoms with E-state index in [-0.39, 0.29) is 4.90 Å². The van der Waals surface area contributed by atoms with Gasteiger partial charge in [-0.15, -0.1) is 0 Å². The van der Waals surface area contributed by atoms with E-state index in [1.807, 2.05) is 0 Å². The van der Waals surface area contributed by atoms with Gasteiger partial charge in [-0.1, -0.05) is 12.8 Å². The van der Waals surface area contributed by atoms with Crippen molar-refractivity contribution in [2.45, 2.75) is 30.6 Å². The molecule has 2 heterocycles. The number of sulfonamides is 1. The third kappa shape index (κ3) is 4.43. The Balaban J connectivity index is 1.91. The zero-order chi connectivity index (χ0) is 14.4. The molecule has 20 heavy (non-hydrogen) atoms. The largest absolute Gasteiger partial charge is 0.368 e. The third-order valence-corrected chi connectivity index (χ3v) is 4.44. The molecule has 0 aromatic carbocycles. The molecule has 1 fully saturated rings. The van der Waals surface area contributed by atoms with Crippen molar-refractivity contribution in [2.75, 3.05) is 31.5 Å². The number of aromatic nitrogens is 1. The number of pyridine rings is 1. The van der Waals surface area contributed by atoms with Crippen LogP contribution >= 0.6 is 0 Å². The molecule has 112 valence electrons. The maximum atomic E-state index is 11.5. The van der Waals surface area contributed by atoms with E-state index in [1.165, 1.54) is 31.7 Å². The second-order valence-electron chi connectivity index (χ2n) is 5.08. The highest BCUT2D eigenvalue weighted by Gasteiger charge is 2.14. The standard InChI is InChI=1S/C13H22N4O2S/c14-20(18,19)12-6-5-7-15-13(12)16-8-11-17-9-3-1-2-4-10-17/h5-7H,1-4,8-11H2,(H,15,16)(H2,14,18,19). The van der Waals surface area contributed by atoms with Gasteiger partial charge in [0, 0.05) is 19.3 Å². The first-order chi connectivity index (χ1) is 9.57. The Morgan fingerprint density at radius 3 is 2.60 bits per heavy atom. The van der Waals surface area contributed by atoms with E-state index in [2.05, 4.69) is 15.2 Å². The van der Waals surface area contributed by atoms with E-state index < -0.39 is 10.0 Å². The number of rotatable bonds is 5. The summed E-state index contributed by atoms with van der Waals surface area (Å²) in [6.45, 7) is 3.79. The molecule has 1 aliphatic rings. The van der Waals surface area contributed by atoms with Crippen molar-refractivity contribution in [3.05, 3.63) is 18.3 Å². The van der Waals surface area contributed by atoms with Gasteiger partial charge in [0.25, 0.3) is 0 Å². The number of nitrogens with zero attached hydrogens (tertiary/aromatic N) is 2. The van der Waals surface area contributed by atoms with Crippen LogP contribution < -0.4 is 10.5 Å². The highest BCUT2D eigenvalue weighted by Crippen LogP contribution is 2.16. The van der Waals surface area contributed by atoms with Gasteiger partial charge < -0.3 is 10.2 Å². The minimum absolute atomic E-state index is 0.0517. The summed E-state index contributed by atoms with van der Waals surface area (Å²) in [7, 11) is -3.73. The van der Waals surface area contributed by atoms with E-state index in [0.29, 0.717) is 12.4 Å². The van der Waals surface area contributed by atoms with Gasteiger partial charge in [0.15, 0.2) is 0 Å². The van der Waals surface area contributed by atoms with E-state index in [9.17, 15) is 8.42 Å². The molecule has 6 nitrogen and oxygen atoms in total. The number of anilines is 1. The van der Waals surface area contributed by atoms with Gasteiger partial charge in [0.1, 0.15) is 10.7 Å². The first kappa shape index (κ1) is 15.2. The maximum absolute atomic E-state index is 11.5. The van der Waals surface area contributed by atoms with Crippen LogP contribution in [-0.4, -0.2) is 44.5 Å². The van der Waals surface area contributed by atoms with Crippen LogP contribution in [0.4, 0.5) is 5.82 Å². The van der Waals surface area contributed by atoms with Gasteiger partial charge in [-0.05, 0) is 38.1 Å². The molecule has 0 amide bonds. The molecule has 1 aromatic rings. The van der Waals surface area contributed by atoms with E-state index in [4.69, 9.17) is 5.14 Å². The molecule has 0 saturated carbocycles. The lowest BCUT2D eigenvalue weighted by molar-refractivity contribution is 0.296. The van der Waals surface area contributed by atoms with Crippen molar-refractivity contribution in [1.82, 2.24) is 9.88 Å². The molecule has 1 aromatic heterocycles. The van der Waals surface area contributed by atoms with Crippen LogP contribution in [0.1, 0.15) is 25.7 Å². The number of hydrogen-bond acceptors (Lipinski definition) is 5. The van der Waals surface area contributed by atoms with Crippen molar-refractivity contribution in [2.24, 2.45) is 5.14 Å². The minimum atomic E-state index is -3.73. The summed E-state index contributed by atoms with van der Waals surface area (Å²) >= 11 is 0. The molecular formula is C13H22N4O2S. The Morgan fingerprint density at radius 2 is 1.95 bits per heavy atom. The van der Waals surface area contributed by atoms with Crippen LogP contribution in [0.15, 0.2) is 23.2 Å². The summed E-state index contributed by atoms with van der Waals surface area (Å²) in [6, 6.07) is 3.04. The van der Waals surface area contributed by atoms with Gasteiger partial charge in [0.2, 0.25) is 10.0 Å². The molecule has 0 aliphatic carbocycles. The summed E-state index contributed by atoms with van der Waals surface area (Å²) in [4.78, 5) is 6.51. The predicted molar refractivity (Wildman–Crippen MR) is 79.0 cm³/mol. The molecule has 3 N–H and O–H groups in total. The fourth-order valence-corrected chi connectivity index (χ4v) is 3.11. The lowest BCUT2D eigenvalue weighted by Gasteiger charge is -2.20. The number of primary sulfonamides is 1. The molecule has 2 rings (SSSR count). The highest BCUT2D eigenvalue weighted by atomic mass is 32.2. The normalized spacial score (nSPS) is 17.6. The van der Waals surface area contributed by atoms with Crippen molar-refractivity contribution in [3.63, 3.8) is 0 Å². The molecule has 1 aliphatic heterocycles. The second-order valence-corrected chi connectivity index (χ2v) is 6.61. The van der Waals surface area contributed by atoms with Gasteiger partial charge in [0.05, 0.1) is 0 Å². The Hall–Kier alpha value is -1.18. The predicted octanol–water partition coefficient (Wildman–Crippen LogP) is 1.02. The van der Waals surface area contributed by atoms with Gasteiger partial charge in [-0.3, -0.25) is 0 Å². The van der Waals surface area contributed by atoms with Crippen LogP contribution in [0.3, 0.4) is 0 Å². The monoisotopic (exact) mass is 298 g/mol. The second kappa shape index (κ2) is 7.01. The van der Waals surface area contributed by atoms with Crippen LogP contribution in [0.5, 0.6) is 0 Å². The van der Waals surface area contributed by atoms with Gasteiger partial charge in [-0.2, -0.15) is 0 Å². The number of nitrogens with two attached hydrogens (primary N) is 1. The quantitative estimate of drug-likeness (QED) is 0.847. The average Bonchev–Trinajstić information content (AvgIpc) is 2.67. The van der Waals surface area contributed by atoms with Crippen molar-refractivity contribution in [3.8, 4) is 0 Å². The Bertz CT molecular complexity index is 525. The zero-order valence-corrected chi connectivity index (χ0v) is 12.4. The van der Waals surface area contributed by atoms with Crippen LogP contribution in [-0.2, 0) is 10.0 Å². The maximum Gasteiger partial charge on any atom is 0.241 e. The summed E-state index contributed by atoms with van der Waals surface area (Å²) in [5, 5.41) is 8.25. The molecule has 7 heteroatoms. The Labute approximate surface area is 120 Å². The lowest BCUT2D eigenvalue weighted by atomic mass is 10.2. The van der Waals surface area contributed by atoms with Gasteiger partial charge >= 0.3 is 0 Å². The van der Waals surface area contributed by atoms with E-state index in [1.54, 1.807) is 12.3 Å². The highest BCUT2D eigenvalue weighted by molar-refractivity contribution is 7.89. The molecular weight excluding hydrogens is 276 g/mol. The smallest absolute Gasteiger partial charge is 0.241 e. The number of hydrogen-bond donors (Lipinski definition) is 2. The summed E-state index contributed by atoms with van der Waals surface area (Å²) in [5.74, 6) is 0.338. The van der Waals surface area contributed by atoms with E-state index in [0.717, 1.165) is 19.6 Å².